The zero-order chi connectivity index (χ0) is 17.1. The van der Waals surface area contributed by atoms with Crippen LogP contribution in [0.1, 0.15) is 18.1 Å². The number of hydrogen-bond acceptors (Lipinski definition) is 3. The third kappa shape index (κ3) is 3.41. The SMILES string of the molecule is COc1ccc(CSCC(=O)N2c3ccccc3C[C@H]2C)cc1F. The Balaban J connectivity index is 1.59. The van der Waals surface area contributed by atoms with Crippen molar-refractivity contribution >= 4 is 23.4 Å². The number of fused-ring (bicyclic) bond motifs is 1. The van der Waals surface area contributed by atoms with Gasteiger partial charge in [-0.1, -0.05) is 24.3 Å². The van der Waals surface area contributed by atoms with Crippen molar-refractivity contribution in [2.75, 3.05) is 17.8 Å². The lowest BCUT2D eigenvalue weighted by atomic mass is 10.1. The van der Waals surface area contributed by atoms with Crippen molar-refractivity contribution in [2.45, 2.75) is 25.1 Å². The number of para-hydroxylation sites is 1. The van der Waals surface area contributed by atoms with Gasteiger partial charge in [0.1, 0.15) is 0 Å². The molecule has 0 saturated heterocycles. The maximum atomic E-state index is 13.7. The smallest absolute Gasteiger partial charge is 0.237 e. The fourth-order valence-electron chi connectivity index (χ4n) is 3.07. The zero-order valence-corrected chi connectivity index (χ0v) is 14.6. The summed E-state index contributed by atoms with van der Waals surface area (Å²) in [6, 6.07) is 13.1. The van der Waals surface area contributed by atoms with Gasteiger partial charge >= 0.3 is 0 Å². The van der Waals surface area contributed by atoms with E-state index < -0.39 is 0 Å². The molecule has 0 spiro atoms. The van der Waals surface area contributed by atoms with Gasteiger partial charge in [0.2, 0.25) is 5.91 Å². The minimum atomic E-state index is -0.371. The Morgan fingerprint density at radius 2 is 2.12 bits per heavy atom. The number of thioether (sulfide) groups is 1. The summed E-state index contributed by atoms with van der Waals surface area (Å²) >= 11 is 1.50. The summed E-state index contributed by atoms with van der Waals surface area (Å²) in [4.78, 5) is 14.5. The number of carbonyl (C=O) groups excluding carboxylic acids is 1. The van der Waals surface area contributed by atoms with Crippen LogP contribution in [-0.2, 0) is 17.0 Å². The van der Waals surface area contributed by atoms with Crippen LogP contribution in [0.5, 0.6) is 5.75 Å². The first-order valence-corrected chi connectivity index (χ1v) is 9.05. The van der Waals surface area contributed by atoms with E-state index in [4.69, 9.17) is 4.74 Å². The van der Waals surface area contributed by atoms with Gasteiger partial charge in [0.15, 0.2) is 11.6 Å². The van der Waals surface area contributed by atoms with Gasteiger partial charge in [0.05, 0.1) is 12.9 Å². The van der Waals surface area contributed by atoms with Gasteiger partial charge in [0, 0.05) is 17.5 Å². The fraction of sp³-hybridized carbons (Fsp3) is 0.316. The molecule has 1 aliphatic rings. The summed E-state index contributed by atoms with van der Waals surface area (Å²) in [6.07, 6.45) is 0.899. The van der Waals surface area contributed by atoms with Gasteiger partial charge in [-0.2, -0.15) is 0 Å². The van der Waals surface area contributed by atoms with Crippen LogP contribution < -0.4 is 9.64 Å². The molecule has 24 heavy (non-hydrogen) atoms. The number of anilines is 1. The van der Waals surface area contributed by atoms with Crippen molar-refractivity contribution in [1.82, 2.24) is 0 Å². The summed E-state index contributed by atoms with van der Waals surface area (Å²) in [7, 11) is 1.44. The second-order valence-electron chi connectivity index (χ2n) is 5.91. The molecule has 0 aromatic heterocycles. The molecule has 0 saturated carbocycles. The lowest BCUT2D eigenvalue weighted by Gasteiger charge is -2.22. The third-order valence-corrected chi connectivity index (χ3v) is 5.17. The molecule has 0 N–H and O–H groups in total. The first kappa shape index (κ1) is 16.8. The molecule has 3 rings (SSSR count). The number of rotatable bonds is 5. The Morgan fingerprint density at radius 1 is 1.33 bits per heavy atom. The average molecular weight is 345 g/mol. The molecular formula is C19H20FNO2S. The highest BCUT2D eigenvalue weighted by molar-refractivity contribution is 7.99. The van der Waals surface area contributed by atoms with E-state index in [1.54, 1.807) is 6.07 Å². The van der Waals surface area contributed by atoms with Crippen LogP contribution in [0.15, 0.2) is 42.5 Å². The number of benzene rings is 2. The monoisotopic (exact) mass is 345 g/mol. The van der Waals surface area contributed by atoms with Gasteiger partial charge in [0.25, 0.3) is 0 Å². The summed E-state index contributed by atoms with van der Waals surface area (Å²) < 4.78 is 18.6. The molecule has 0 aliphatic carbocycles. The molecular weight excluding hydrogens is 325 g/mol. The summed E-state index contributed by atoms with van der Waals surface area (Å²) in [5.41, 5.74) is 3.09. The van der Waals surface area contributed by atoms with E-state index in [0.29, 0.717) is 11.5 Å². The normalized spacial score (nSPS) is 16.1. The Kier molecular flexibility index (Phi) is 5.09. The summed E-state index contributed by atoms with van der Waals surface area (Å²) in [6.45, 7) is 2.07. The Bertz CT molecular complexity index is 750. The van der Waals surface area contributed by atoms with Gasteiger partial charge in [-0.05, 0) is 42.7 Å². The van der Waals surface area contributed by atoms with Crippen molar-refractivity contribution in [3.63, 3.8) is 0 Å². The molecule has 126 valence electrons. The van der Waals surface area contributed by atoms with Crippen LogP contribution in [0.2, 0.25) is 0 Å². The van der Waals surface area contributed by atoms with Crippen LogP contribution in [-0.4, -0.2) is 24.8 Å². The highest BCUT2D eigenvalue weighted by Crippen LogP contribution is 2.32. The maximum absolute atomic E-state index is 13.7. The third-order valence-electron chi connectivity index (χ3n) is 4.19. The molecule has 1 heterocycles. The van der Waals surface area contributed by atoms with E-state index in [2.05, 4.69) is 13.0 Å². The van der Waals surface area contributed by atoms with Crippen molar-refractivity contribution in [2.24, 2.45) is 0 Å². The highest BCUT2D eigenvalue weighted by atomic mass is 32.2. The molecule has 0 fully saturated rings. The number of ether oxygens (including phenoxy) is 1. The van der Waals surface area contributed by atoms with Gasteiger partial charge in [-0.15, -0.1) is 11.8 Å². The maximum Gasteiger partial charge on any atom is 0.237 e. The molecule has 2 aromatic rings. The predicted molar refractivity (Wildman–Crippen MR) is 96.2 cm³/mol. The van der Waals surface area contributed by atoms with Crippen LogP contribution in [0, 0.1) is 5.82 Å². The van der Waals surface area contributed by atoms with Crippen LogP contribution >= 0.6 is 11.8 Å². The summed E-state index contributed by atoms with van der Waals surface area (Å²) in [5, 5.41) is 0. The van der Waals surface area contributed by atoms with E-state index in [0.717, 1.165) is 17.7 Å². The molecule has 0 radical (unpaired) electrons. The Hall–Kier alpha value is -2.01. The van der Waals surface area contributed by atoms with E-state index in [-0.39, 0.29) is 23.5 Å². The second kappa shape index (κ2) is 7.26. The minimum Gasteiger partial charge on any atom is -0.494 e. The molecule has 0 unspecified atom stereocenters. The second-order valence-corrected chi connectivity index (χ2v) is 6.89. The van der Waals surface area contributed by atoms with Crippen molar-refractivity contribution in [3.8, 4) is 5.75 Å². The average Bonchev–Trinajstić information content (AvgIpc) is 2.90. The molecule has 0 bridgehead atoms. The number of amides is 1. The molecule has 2 aromatic carbocycles. The van der Waals surface area contributed by atoms with Crippen molar-refractivity contribution < 1.29 is 13.9 Å². The fourth-order valence-corrected chi connectivity index (χ4v) is 3.90. The standard InChI is InChI=1S/C19H20FNO2S/c1-13-9-15-5-3-4-6-17(15)21(13)19(22)12-24-11-14-7-8-18(23-2)16(20)10-14/h3-8,10,13H,9,11-12H2,1-2H3/t13-/m1/s1. The van der Waals surface area contributed by atoms with Crippen molar-refractivity contribution in [3.05, 3.63) is 59.4 Å². The lowest BCUT2D eigenvalue weighted by molar-refractivity contribution is -0.116. The predicted octanol–water partition coefficient (Wildman–Crippen LogP) is 4.05. The molecule has 1 atom stereocenters. The molecule has 1 aliphatic heterocycles. The zero-order valence-electron chi connectivity index (χ0n) is 13.8. The van der Waals surface area contributed by atoms with E-state index in [9.17, 15) is 9.18 Å². The lowest BCUT2D eigenvalue weighted by Crippen LogP contribution is -2.37. The highest BCUT2D eigenvalue weighted by Gasteiger charge is 2.30. The quantitative estimate of drug-likeness (QED) is 0.819. The van der Waals surface area contributed by atoms with E-state index in [1.807, 2.05) is 29.2 Å². The first-order valence-electron chi connectivity index (χ1n) is 7.90. The number of halogens is 1. The minimum absolute atomic E-state index is 0.103. The molecule has 1 amide bonds. The number of nitrogens with zero attached hydrogens (tertiary/aromatic N) is 1. The Labute approximate surface area is 145 Å². The van der Waals surface area contributed by atoms with E-state index >= 15 is 0 Å². The van der Waals surface area contributed by atoms with Crippen LogP contribution in [0.4, 0.5) is 10.1 Å². The number of carbonyl (C=O) groups is 1. The van der Waals surface area contributed by atoms with Gasteiger partial charge in [-0.3, -0.25) is 4.79 Å². The van der Waals surface area contributed by atoms with Crippen LogP contribution in [0.25, 0.3) is 0 Å². The van der Waals surface area contributed by atoms with Gasteiger partial charge < -0.3 is 9.64 Å². The molecule has 3 nitrogen and oxygen atoms in total. The summed E-state index contributed by atoms with van der Waals surface area (Å²) in [5.74, 6) is 0.945. The largest absolute Gasteiger partial charge is 0.494 e. The Morgan fingerprint density at radius 3 is 2.88 bits per heavy atom. The topological polar surface area (TPSA) is 29.5 Å². The number of methoxy groups -OCH3 is 1. The van der Waals surface area contributed by atoms with Crippen LogP contribution in [0.3, 0.4) is 0 Å². The number of hydrogen-bond donors (Lipinski definition) is 0. The van der Waals surface area contributed by atoms with Crippen molar-refractivity contribution in [1.29, 1.82) is 0 Å². The molecule has 5 heteroatoms. The van der Waals surface area contributed by atoms with Gasteiger partial charge in [-0.25, -0.2) is 4.39 Å². The van der Waals surface area contributed by atoms with E-state index in [1.165, 1.54) is 30.5 Å². The first-order chi connectivity index (χ1) is 11.6.